The number of nitrogens with one attached hydrogen (secondary N) is 2. The summed E-state index contributed by atoms with van der Waals surface area (Å²) in [5.41, 5.74) is 6.11. The molecule has 2 amide bonds. The van der Waals surface area contributed by atoms with Gasteiger partial charge in [-0.25, -0.2) is 9.18 Å². The number of aryl methyl sites for hydroxylation is 1. The van der Waals surface area contributed by atoms with Crippen LogP contribution in [-0.4, -0.2) is 26.2 Å². The molecule has 8 nitrogen and oxygen atoms in total. The Morgan fingerprint density at radius 1 is 1.16 bits per heavy atom. The highest BCUT2D eigenvalue weighted by atomic mass is 35.5. The number of H-pyrrole nitrogens is 1. The first-order chi connectivity index (χ1) is 18.0. The van der Waals surface area contributed by atoms with Gasteiger partial charge >= 0.3 is 6.03 Å². The Morgan fingerprint density at radius 3 is 2.84 bits per heavy atom. The minimum Gasteiger partial charge on any atom is -0.484 e. The lowest BCUT2D eigenvalue weighted by Crippen LogP contribution is -2.39. The van der Waals surface area contributed by atoms with Gasteiger partial charge in [-0.2, -0.15) is 5.10 Å². The molecule has 3 aliphatic rings. The second kappa shape index (κ2) is 8.55. The minimum atomic E-state index is -0.509. The predicted octanol–water partition coefficient (Wildman–Crippen LogP) is 6.16. The standard InChI is InChI=1S/C27H22ClFN6O2/c28-18-8-15-5-6-23(26-19(29)2-1-7-30-26)37-24(15)10-22(18)35-13-17-21(34-27(35)36)9-20(16-11-31-32-12-16)33-25(17)14-3-4-14/h1-2,7-12,14,23H,3-6,13H2,(H,31,32)(H,34,36). The van der Waals surface area contributed by atoms with Crippen LogP contribution >= 0.6 is 11.6 Å². The SMILES string of the molecule is O=C1Nc2cc(-c3cn[nH]c3)nc(C3CC3)c2CN1c1cc2c(cc1Cl)CCC(c1ncccc1F)O2. The summed E-state index contributed by atoms with van der Waals surface area (Å²) >= 11 is 6.70. The molecular formula is C27H22ClFN6O2. The average molecular weight is 517 g/mol. The van der Waals surface area contributed by atoms with Crippen LogP contribution < -0.4 is 15.0 Å². The van der Waals surface area contributed by atoms with E-state index in [-0.39, 0.29) is 11.7 Å². The molecule has 7 rings (SSSR count). The number of pyridine rings is 2. The first-order valence-corrected chi connectivity index (χ1v) is 12.6. The van der Waals surface area contributed by atoms with E-state index >= 15 is 0 Å². The number of aromatic amines is 1. The van der Waals surface area contributed by atoms with Crippen LogP contribution in [0.1, 0.15) is 53.8 Å². The number of amides is 2. The molecule has 1 fully saturated rings. The summed E-state index contributed by atoms with van der Waals surface area (Å²) in [7, 11) is 0. The van der Waals surface area contributed by atoms with Gasteiger partial charge in [0.1, 0.15) is 23.4 Å². The van der Waals surface area contributed by atoms with E-state index < -0.39 is 11.9 Å². The van der Waals surface area contributed by atoms with Crippen LogP contribution in [0, 0.1) is 5.82 Å². The zero-order valence-electron chi connectivity index (χ0n) is 19.7. The molecule has 186 valence electrons. The van der Waals surface area contributed by atoms with Gasteiger partial charge in [0.2, 0.25) is 0 Å². The van der Waals surface area contributed by atoms with Crippen molar-refractivity contribution in [2.45, 2.75) is 44.2 Å². The first kappa shape index (κ1) is 22.2. The number of ether oxygens (including phenoxy) is 1. The lowest BCUT2D eigenvalue weighted by molar-refractivity contribution is 0.167. The molecule has 2 N–H and O–H groups in total. The third-order valence-electron chi connectivity index (χ3n) is 7.18. The topological polar surface area (TPSA) is 96.0 Å². The number of hydrogen-bond donors (Lipinski definition) is 2. The number of carbonyl (C=O) groups is 1. The highest BCUT2D eigenvalue weighted by Gasteiger charge is 2.35. The Balaban J connectivity index is 1.24. The number of hydrogen-bond acceptors (Lipinski definition) is 5. The van der Waals surface area contributed by atoms with E-state index in [1.807, 2.05) is 12.1 Å². The van der Waals surface area contributed by atoms with Gasteiger partial charge < -0.3 is 10.1 Å². The van der Waals surface area contributed by atoms with Crippen molar-refractivity contribution >= 4 is 29.0 Å². The van der Waals surface area contributed by atoms with E-state index in [1.165, 1.54) is 6.07 Å². The fraction of sp³-hybridized carbons (Fsp3) is 0.259. The van der Waals surface area contributed by atoms with Gasteiger partial charge in [0.05, 0.1) is 40.5 Å². The Kier molecular flexibility index (Phi) is 5.14. The summed E-state index contributed by atoms with van der Waals surface area (Å²) in [6.07, 6.45) is 7.96. The van der Waals surface area contributed by atoms with E-state index in [1.54, 1.807) is 35.6 Å². The highest BCUT2D eigenvalue weighted by Crippen LogP contribution is 2.46. The lowest BCUT2D eigenvalue weighted by Gasteiger charge is -2.33. The average Bonchev–Trinajstić information content (AvgIpc) is 3.60. The molecule has 1 saturated carbocycles. The third kappa shape index (κ3) is 3.90. The summed E-state index contributed by atoms with van der Waals surface area (Å²) in [5.74, 6) is 0.552. The monoisotopic (exact) mass is 516 g/mol. The summed E-state index contributed by atoms with van der Waals surface area (Å²) in [5, 5.41) is 10.3. The van der Waals surface area contributed by atoms with Gasteiger partial charge in [-0.05, 0) is 55.5 Å². The Hall–Kier alpha value is -3.98. The van der Waals surface area contributed by atoms with Crippen LogP contribution in [0.15, 0.2) is 48.9 Å². The largest absolute Gasteiger partial charge is 0.484 e. The normalized spacial score (nSPS) is 18.6. The summed E-state index contributed by atoms with van der Waals surface area (Å²) in [4.78, 5) is 24.1. The predicted molar refractivity (Wildman–Crippen MR) is 136 cm³/mol. The van der Waals surface area contributed by atoms with Crippen LogP contribution in [-0.2, 0) is 13.0 Å². The lowest BCUT2D eigenvalue weighted by atomic mass is 9.98. The van der Waals surface area contributed by atoms with Gasteiger partial charge in [-0.1, -0.05) is 11.6 Å². The molecule has 2 aliphatic heterocycles. The van der Waals surface area contributed by atoms with Crippen LogP contribution in [0.5, 0.6) is 5.75 Å². The molecule has 1 atom stereocenters. The van der Waals surface area contributed by atoms with Crippen molar-refractivity contribution in [3.8, 4) is 17.0 Å². The second-order valence-corrected chi connectivity index (χ2v) is 10.0. The summed E-state index contributed by atoms with van der Waals surface area (Å²) in [6, 6.07) is 8.16. The highest BCUT2D eigenvalue weighted by molar-refractivity contribution is 6.34. The molecule has 0 spiro atoms. The number of nitrogens with zero attached hydrogens (tertiary/aromatic N) is 4. The first-order valence-electron chi connectivity index (χ1n) is 12.3. The molecule has 4 aromatic rings. The van der Waals surface area contributed by atoms with Crippen LogP contribution in [0.2, 0.25) is 5.02 Å². The number of rotatable bonds is 4. The van der Waals surface area contributed by atoms with Crippen molar-refractivity contribution in [1.82, 2.24) is 20.2 Å². The van der Waals surface area contributed by atoms with Crippen molar-refractivity contribution in [2.75, 3.05) is 10.2 Å². The van der Waals surface area contributed by atoms with Gasteiger partial charge in [-0.15, -0.1) is 0 Å². The molecule has 5 heterocycles. The maximum atomic E-state index is 14.4. The van der Waals surface area contributed by atoms with Crippen molar-refractivity contribution < 1.29 is 13.9 Å². The quantitative estimate of drug-likeness (QED) is 0.339. The number of fused-ring (bicyclic) bond motifs is 2. The Bertz CT molecular complexity index is 1540. The zero-order chi connectivity index (χ0) is 25.1. The van der Waals surface area contributed by atoms with Crippen molar-refractivity contribution in [1.29, 1.82) is 0 Å². The van der Waals surface area contributed by atoms with Crippen LogP contribution in [0.25, 0.3) is 11.3 Å². The van der Waals surface area contributed by atoms with Crippen molar-refractivity contribution in [3.05, 3.63) is 82.3 Å². The molecular weight excluding hydrogens is 495 g/mol. The number of benzene rings is 1. The van der Waals surface area contributed by atoms with E-state index in [0.717, 1.165) is 46.6 Å². The third-order valence-corrected chi connectivity index (χ3v) is 7.48. The van der Waals surface area contributed by atoms with E-state index in [0.29, 0.717) is 41.8 Å². The molecule has 0 saturated heterocycles. The van der Waals surface area contributed by atoms with E-state index in [9.17, 15) is 9.18 Å². The van der Waals surface area contributed by atoms with Gasteiger partial charge in [0.15, 0.2) is 0 Å². The Labute approximate surface area is 216 Å². The van der Waals surface area contributed by atoms with Gasteiger partial charge in [0.25, 0.3) is 0 Å². The fourth-order valence-electron chi connectivity index (χ4n) is 5.13. The number of anilines is 2. The van der Waals surface area contributed by atoms with Gasteiger partial charge in [0, 0.05) is 35.5 Å². The van der Waals surface area contributed by atoms with Crippen LogP contribution in [0.4, 0.5) is 20.6 Å². The Morgan fingerprint density at radius 2 is 2.05 bits per heavy atom. The number of urea groups is 1. The smallest absolute Gasteiger partial charge is 0.326 e. The molecule has 0 bridgehead atoms. The molecule has 0 radical (unpaired) electrons. The van der Waals surface area contributed by atoms with Gasteiger partial charge in [-0.3, -0.25) is 20.0 Å². The maximum absolute atomic E-state index is 14.4. The number of carbonyl (C=O) groups excluding carboxylic acids is 1. The maximum Gasteiger partial charge on any atom is 0.326 e. The van der Waals surface area contributed by atoms with E-state index in [2.05, 4.69) is 20.5 Å². The molecule has 37 heavy (non-hydrogen) atoms. The van der Waals surface area contributed by atoms with E-state index in [4.69, 9.17) is 21.3 Å². The molecule has 1 unspecified atom stereocenters. The zero-order valence-corrected chi connectivity index (χ0v) is 20.4. The summed E-state index contributed by atoms with van der Waals surface area (Å²) in [6.45, 7) is 0.336. The minimum absolute atomic E-state index is 0.280. The second-order valence-electron chi connectivity index (χ2n) is 9.62. The molecule has 1 aliphatic carbocycles. The molecule has 1 aromatic carbocycles. The summed E-state index contributed by atoms with van der Waals surface area (Å²) < 4.78 is 20.5. The van der Waals surface area contributed by atoms with Crippen molar-refractivity contribution in [3.63, 3.8) is 0 Å². The van der Waals surface area contributed by atoms with Crippen molar-refractivity contribution in [2.24, 2.45) is 0 Å². The number of aromatic nitrogens is 4. The molecule has 10 heteroatoms. The number of halogens is 2. The molecule has 3 aromatic heterocycles. The fourth-order valence-corrected chi connectivity index (χ4v) is 5.42. The van der Waals surface area contributed by atoms with Crippen LogP contribution in [0.3, 0.4) is 0 Å².